The number of rotatable bonds is 2. The molecule has 1 atom stereocenters. The SMILES string of the molecule is Cc1ccc(C2(c3ccc(O)cc3)C=CC(=O)O2)cc1C. The van der Waals surface area contributed by atoms with Crippen molar-refractivity contribution in [1.29, 1.82) is 0 Å². The first-order valence-electron chi connectivity index (χ1n) is 6.81. The first-order valence-corrected chi connectivity index (χ1v) is 6.81. The van der Waals surface area contributed by atoms with Gasteiger partial charge in [-0.1, -0.05) is 30.3 Å². The minimum Gasteiger partial charge on any atom is -0.508 e. The first-order chi connectivity index (χ1) is 10.0. The molecule has 1 aliphatic rings. The second kappa shape index (κ2) is 4.77. The topological polar surface area (TPSA) is 46.5 Å². The van der Waals surface area contributed by atoms with E-state index in [9.17, 15) is 9.90 Å². The van der Waals surface area contributed by atoms with Gasteiger partial charge in [0.2, 0.25) is 0 Å². The van der Waals surface area contributed by atoms with E-state index in [2.05, 4.69) is 0 Å². The van der Waals surface area contributed by atoms with E-state index in [0.717, 1.165) is 16.7 Å². The smallest absolute Gasteiger partial charge is 0.332 e. The summed E-state index contributed by atoms with van der Waals surface area (Å²) in [6.45, 7) is 4.08. The van der Waals surface area contributed by atoms with Gasteiger partial charge in [-0.15, -0.1) is 0 Å². The molecular weight excluding hydrogens is 264 g/mol. The second-order valence-electron chi connectivity index (χ2n) is 5.34. The van der Waals surface area contributed by atoms with E-state index >= 15 is 0 Å². The quantitative estimate of drug-likeness (QED) is 0.858. The molecule has 0 aromatic heterocycles. The zero-order valence-corrected chi connectivity index (χ0v) is 12.0. The number of cyclic esters (lactones) is 1. The Morgan fingerprint density at radius 1 is 0.952 bits per heavy atom. The fraction of sp³-hybridized carbons (Fsp3) is 0.167. The van der Waals surface area contributed by atoms with Crippen molar-refractivity contribution >= 4 is 5.97 Å². The van der Waals surface area contributed by atoms with Crippen molar-refractivity contribution in [2.24, 2.45) is 0 Å². The number of phenolic OH excluding ortho intramolecular Hbond substituents is 1. The van der Waals surface area contributed by atoms with Crippen molar-refractivity contribution in [3.8, 4) is 5.75 Å². The summed E-state index contributed by atoms with van der Waals surface area (Å²) in [6.07, 6.45) is 3.22. The van der Waals surface area contributed by atoms with Gasteiger partial charge in [0, 0.05) is 17.2 Å². The molecule has 3 nitrogen and oxygen atoms in total. The van der Waals surface area contributed by atoms with Gasteiger partial charge >= 0.3 is 5.97 Å². The van der Waals surface area contributed by atoms with Gasteiger partial charge in [-0.05, 0) is 43.2 Å². The van der Waals surface area contributed by atoms with Gasteiger partial charge < -0.3 is 9.84 Å². The van der Waals surface area contributed by atoms with E-state index < -0.39 is 5.60 Å². The molecule has 0 aliphatic carbocycles. The number of hydrogen-bond donors (Lipinski definition) is 1. The van der Waals surface area contributed by atoms with Crippen molar-refractivity contribution < 1.29 is 14.6 Å². The van der Waals surface area contributed by atoms with Crippen LogP contribution in [0.3, 0.4) is 0 Å². The van der Waals surface area contributed by atoms with Crippen molar-refractivity contribution in [3.63, 3.8) is 0 Å². The summed E-state index contributed by atoms with van der Waals surface area (Å²) in [4.78, 5) is 11.7. The monoisotopic (exact) mass is 280 g/mol. The third-order valence-electron chi connectivity index (χ3n) is 3.95. The summed E-state index contributed by atoms with van der Waals surface area (Å²) in [5, 5.41) is 9.46. The highest BCUT2D eigenvalue weighted by atomic mass is 16.6. The number of esters is 1. The molecule has 3 heteroatoms. The number of carbonyl (C=O) groups is 1. The third kappa shape index (κ3) is 2.21. The molecule has 0 saturated carbocycles. The van der Waals surface area contributed by atoms with Gasteiger partial charge in [-0.3, -0.25) is 0 Å². The van der Waals surface area contributed by atoms with Crippen molar-refractivity contribution in [1.82, 2.24) is 0 Å². The number of phenols is 1. The Morgan fingerprint density at radius 3 is 2.19 bits per heavy atom. The number of ether oxygens (including phenoxy) is 1. The van der Waals surface area contributed by atoms with Crippen LogP contribution in [-0.2, 0) is 15.1 Å². The molecule has 0 spiro atoms. The fourth-order valence-electron chi connectivity index (χ4n) is 2.57. The van der Waals surface area contributed by atoms with Gasteiger partial charge in [0.15, 0.2) is 5.60 Å². The molecule has 21 heavy (non-hydrogen) atoms. The van der Waals surface area contributed by atoms with Gasteiger partial charge in [0.1, 0.15) is 5.75 Å². The Morgan fingerprint density at radius 2 is 1.62 bits per heavy atom. The summed E-state index contributed by atoms with van der Waals surface area (Å²) in [6, 6.07) is 12.8. The highest BCUT2D eigenvalue weighted by Crippen LogP contribution is 2.39. The molecule has 0 bridgehead atoms. The lowest BCUT2D eigenvalue weighted by Gasteiger charge is -2.28. The molecule has 1 aliphatic heterocycles. The van der Waals surface area contributed by atoms with E-state index in [1.165, 1.54) is 11.6 Å². The third-order valence-corrected chi connectivity index (χ3v) is 3.95. The molecule has 0 radical (unpaired) electrons. The van der Waals surface area contributed by atoms with E-state index in [4.69, 9.17) is 4.74 Å². The van der Waals surface area contributed by atoms with Crippen molar-refractivity contribution in [2.75, 3.05) is 0 Å². The number of aromatic hydroxyl groups is 1. The minimum absolute atomic E-state index is 0.183. The lowest BCUT2D eigenvalue weighted by molar-refractivity contribution is -0.143. The number of hydrogen-bond acceptors (Lipinski definition) is 3. The Kier molecular flexibility index (Phi) is 3.05. The molecule has 1 heterocycles. The van der Waals surface area contributed by atoms with Crippen LogP contribution >= 0.6 is 0 Å². The van der Waals surface area contributed by atoms with E-state index in [-0.39, 0.29) is 11.7 Å². The predicted octanol–water partition coefficient (Wildman–Crippen LogP) is 3.37. The highest BCUT2D eigenvalue weighted by Gasteiger charge is 2.39. The maximum absolute atomic E-state index is 11.7. The van der Waals surface area contributed by atoms with Crippen LogP contribution < -0.4 is 0 Å². The standard InChI is InChI=1S/C18H16O3/c1-12-3-4-15(11-13(12)2)18(10-9-17(20)21-18)14-5-7-16(19)8-6-14/h3-11,19H,1-2H3. The van der Waals surface area contributed by atoms with Gasteiger partial charge in [-0.2, -0.15) is 0 Å². The van der Waals surface area contributed by atoms with E-state index in [1.54, 1.807) is 30.3 Å². The maximum atomic E-state index is 11.7. The minimum atomic E-state index is -0.913. The molecule has 3 rings (SSSR count). The zero-order valence-electron chi connectivity index (χ0n) is 12.0. The van der Waals surface area contributed by atoms with Crippen molar-refractivity contribution in [3.05, 3.63) is 76.9 Å². The Bertz CT molecular complexity index is 729. The lowest BCUT2D eigenvalue weighted by atomic mass is 9.85. The molecule has 1 unspecified atom stereocenters. The van der Waals surface area contributed by atoms with Crippen LogP contribution in [0.4, 0.5) is 0 Å². The molecule has 2 aromatic carbocycles. The Hall–Kier alpha value is -2.55. The van der Waals surface area contributed by atoms with Crippen LogP contribution in [0.15, 0.2) is 54.6 Å². The Labute approximate surface area is 123 Å². The first kappa shape index (κ1) is 13.4. The fourth-order valence-corrected chi connectivity index (χ4v) is 2.57. The summed E-state index contributed by atoms with van der Waals surface area (Å²) in [5.74, 6) is -0.177. The number of carbonyl (C=O) groups excluding carboxylic acids is 1. The number of aryl methyl sites for hydroxylation is 2. The van der Waals surface area contributed by atoms with E-state index in [1.807, 2.05) is 32.0 Å². The van der Waals surface area contributed by atoms with Gasteiger partial charge in [-0.25, -0.2) is 4.79 Å². The predicted molar refractivity (Wildman–Crippen MR) is 80.0 cm³/mol. The summed E-state index contributed by atoms with van der Waals surface area (Å²) < 4.78 is 5.62. The normalized spacial score (nSPS) is 20.6. The summed E-state index contributed by atoms with van der Waals surface area (Å²) in [5.41, 5.74) is 3.13. The largest absolute Gasteiger partial charge is 0.508 e. The van der Waals surface area contributed by atoms with Crippen LogP contribution in [0.25, 0.3) is 0 Å². The maximum Gasteiger partial charge on any atom is 0.332 e. The van der Waals surface area contributed by atoms with Gasteiger partial charge in [0.25, 0.3) is 0 Å². The van der Waals surface area contributed by atoms with Crippen molar-refractivity contribution in [2.45, 2.75) is 19.4 Å². The highest BCUT2D eigenvalue weighted by molar-refractivity contribution is 5.86. The molecule has 0 saturated heterocycles. The molecule has 0 fully saturated rings. The van der Waals surface area contributed by atoms with E-state index in [0.29, 0.717) is 0 Å². The molecule has 106 valence electrons. The number of benzene rings is 2. The summed E-state index contributed by atoms with van der Waals surface area (Å²) >= 11 is 0. The Balaban J connectivity index is 2.18. The van der Waals surface area contributed by atoms with Crippen LogP contribution in [0, 0.1) is 13.8 Å². The average Bonchev–Trinajstić information content (AvgIpc) is 2.86. The molecule has 1 N–H and O–H groups in total. The van der Waals surface area contributed by atoms with Crippen LogP contribution in [0.1, 0.15) is 22.3 Å². The van der Waals surface area contributed by atoms with Crippen LogP contribution in [0.2, 0.25) is 0 Å². The molecule has 0 amide bonds. The van der Waals surface area contributed by atoms with Crippen LogP contribution in [0.5, 0.6) is 5.75 Å². The lowest BCUT2D eigenvalue weighted by Crippen LogP contribution is -2.27. The van der Waals surface area contributed by atoms with Crippen LogP contribution in [-0.4, -0.2) is 11.1 Å². The second-order valence-corrected chi connectivity index (χ2v) is 5.34. The average molecular weight is 280 g/mol. The molecule has 2 aromatic rings. The summed E-state index contributed by atoms with van der Waals surface area (Å²) in [7, 11) is 0. The van der Waals surface area contributed by atoms with Gasteiger partial charge in [0.05, 0.1) is 0 Å². The molecular formula is C18H16O3. The zero-order chi connectivity index (χ0) is 15.0.